The van der Waals surface area contributed by atoms with E-state index in [0.717, 1.165) is 37.0 Å². The first kappa shape index (κ1) is 19.6. The van der Waals surface area contributed by atoms with Crippen molar-refractivity contribution in [3.63, 3.8) is 0 Å². The number of nitrogens with one attached hydrogen (secondary N) is 1. The smallest absolute Gasteiger partial charge is 0.338 e. The van der Waals surface area contributed by atoms with Gasteiger partial charge in [-0.05, 0) is 55.5 Å². The van der Waals surface area contributed by atoms with E-state index in [2.05, 4.69) is 16.6 Å². The molecule has 1 amide bonds. The molecule has 0 heterocycles. The molecular weight excluding hydrogens is 356 g/mol. The Morgan fingerprint density at radius 1 is 1.07 bits per heavy atom. The van der Waals surface area contributed by atoms with Crippen molar-refractivity contribution < 1.29 is 19.1 Å². The zero-order valence-corrected chi connectivity index (χ0v) is 15.9. The maximum Gasteiger partial charge on any atom is 0.338 e. The van der Waals surface area contributed by atoms with Crippen LogP contribution >= 0.6 is 0 Å². The van der Waals surface area contributed by atoms with Gasteiger partial charge < -0.3 is 9.47 Å². The lowest BCUT2D eigenvalue weighted by Crippen LogP contribution is -2.27. The van der Waals surface area contributed by atoms with Crippen molar-refractivity contribution in [1.29, 1.82) is 0 Å². The Labute approximate surface area is 164 Å². The molecule has 0 aliphatic heterocycles. The van der Waals surface area contributed by atoms with Gasteiger partial charge in [0.05, 0.1) is 17.9 Å². The van der Waals surface area contributed by atoms with Gasteiger partial charge in [0.2, 0.25) is 0 Å². The summed E-state index contributed by atoms with van der Waals surface area (Å²) in [6.45, 7) is 2.18. The topological polar surface area (TPSA) is 77.0 Å². The summed E-state index contributed by atoms with van der Waals surface area (Å²) in [5.41, 5.74) is 6.27. The normalized spacial score (nSPS) is 14.2. The summed E-state index contributed by atoms with van der Waals surface area (Å²) in [7, 11) is 0. The van der Waals surface area contributed by atoms with Gasteiger partial charge in [0, 0.05) is 5.56 Å². The van der Waals surface area contributed by atoms with Crippen LogP contribution in [0.5, 0.6) is 5.75 Å². The van der Waals surface area contributed by atoms with Crippen LogP contribution in [0.25, 0.3) is 0 Å². The Kier molecular flexibility index (Phi) is 6.78. The van der Waals surface area contributed by atoms with Crippen LogP contribution in [0, 0.1) is 0 Å². The summed E-state index contributed by atoms with van der Waals surface area (Å²) < 4.78 is 10.5. The molecule has 0 bridgehead atoms. The second kappa shape index (κ2) is 9.69. The molecule has 0 aromatic heterocycles. The molecule has 0 atom stereocenters. The Hall–Kier alpha value is -3.15. The van der Waals surface area contributed by atoms with Crippen LogP contribution in [0.2, 0.25) is 0 Å². The van der Waals surface area contributed by atoms with E-state index in [1.165, 1.54) is 5.56 Å². The molecule has 1 N–H and O–H groups in total. The molecule has 146 valence electrons. The van der Waals surface area contributed by atoms with Gasteiger partial charge in [-0.25, -0.2) is 10.2 Å². The number of carbonyl (C=O) groups is 2. The van der Waals surface area contributed by atoms with Gasteiger partial charge in [0.15, 0.2) is 6.61 Å². The van der Waals surface area contributed by atoms with Crippen LogP contribution in [0.1, 0.15) is 47.7 Å². The molecule has 0 unspecified atom stereocenters. The predicted octanol–water partition coefficient (Wildman–Crippen LogP) is 3.49. The number of aryl methyl sites for hydroxylation is 1. The highest BCUT2D eigenvalue weighted by molar-refractivity contribution is 6.03. The predicted molar refractivity (Wildman–Crippen MR) is 107 cm³/mol. The standard InChI is InChI=1S/C22H24N2O4/c1-2-14-27-22(26)17-10-12-18(13-11-17)28-15-21(25)24-23-20-9-5-7-16-6-3-4-8-19(16)20/h3-4,6,8,10-13H,2,5,7,9,14-15H2,1H3,(H,24,25). The lowest BCUT2D eigenvalue weighted by molar-refractivity contribution is -0.123. The highest BCUT2D eigenvalue weighted by Gasteiger charge is 2.15. The van der Waals surface area contributed by atoms with Gasteiger partial charge in [-0.1, -0.05) is 31.2 Å². The van der Waals surface area contributed by atoms with Crippen LogP contribution in [-0.2, 0) is 16.0 Å². The molecule has 28 heavy (non-hydrogen) atoms. The van der Waals surface area contributed by atoms with Crippen LogP contribution in [0.15, 0.2) is 53.6 Å². The van der Waals surface area contributed by atoms with Gasteiger partial charge >= 0.3 is 5.97 Å². The molecule has 6 nitrogen and oxygen atoms in total. The number of ether oxygens (including phenoxy) is 2. The fourth-order valence-corrected chi connectivity index (χ4v) is 2.99. The van der Waals surface area contributed by atoms with Gasteiger partial charge in [0.1, 0.15) is 5.75 Å². The second-order valence-corrected chi connectivity index (χ2v) is 6.55. The number of nitrogens with zero attached hydrogens (tertiary/aromatic N) is 1. The molecular formula is C22H24N2O4. The summed E-state index contributed by atoms with van der Waals surface area (Å²) in [6, 6.07) is 14.6. The van der Waals surface area contributed by atoms with Crippen molar-refractivity contribution in [2.75, 3.05) is 13.2 Å². The number of amides is 1. The van der Waals surface area contributed by atoms with E-state index in [1.54, 1.807) is 24.3 Å². The molecule has 0 saturated heterocycles. The minimum absolute atomic E-state index is 0.155. The van der Waals surface area contributed by atoms with Crippen molar-refractivity contribution in [2.45, 2.75) is 32.6 Å². The first-order chi connectivity index (χ1) is 13.7. The Morgan fingerprint density at radius 2 is 1.86 bits per heavy atom. The average Bonchev–Trinajstić information content (AvgIpc) is 2.74. The molecule has 0 saturated carbocycles. The van der Waals surface area contributed by atoms with Crippen LogP contribution in [-0.4, -0.2) is 30.8 Å². The highest BCUT2D eigenvalue weighted by atomic mass is 16.5. The molecule has 1 aliphatic rings. The minimum Gasteiger partial charge on any atom is -0.484 e. The molecule has 3 rings (SSSR count). The molecule has 0 radical (unpaired) electrons. The van der Waals surface area contributed by atoms with Gasteiger partial charge in [-0.3, -0.25) is 4.79 Å². The first-order valence-electron chi connectivity index (χ1n) is 9.51. The van der Waals surface area contributed by atoms with Gasteiger partial charge in [0.25, 0.3) is 5.91 Å². The van der Waals surface area contributed by atoms with Crippen molar-refractivity contribution >= 4 is 17.6 Å². The molecule has 2 aromatic rings. The molecule has 0 spiro atoms. The number of fused-ring (bicyclic) bond motifs is 1. The highest BCUT2D eigenvalue weighted by Crippen LogP contribution is 2.21. The quantitative estimate of drug-likeness (QED) is 0.589. The van der Waals surface area contributed by atoms with E-state index in [-0.39, 0.29) is 18.5 Å². The second-order valence-electron chi connectivity index (χ2n) is 6.55. The minimum atomic E-state index is -0.366. The number of esters is 1. The number of hydrogen-bond donors (Lipinski definition) is 1. The fraction of sp³-hybridized carbons (Fsp3) is 0.318. The molecule has 2 aromatic carbocycles. The van der Waals surface area contributed by atoms with Crippen molar-refractivity contribution in [3.05, 3.63) is 65.2 Å². The van der Waals surface area contributed by atoms with Crippen LogP contribution in [0.3, 0.4) is 0 Å². The number of hydrogen-bond acceptors (Lipinski definition) is 5. The van der Waals surface area contributed by atoms with Crippen LogP contribution < -0.4 is 10.2 Å². The number of rotatable bonds is 7. The van der Waals surface area contributed by atoms with Crippen molar-refractivity contribution in [2.24, 2.45) is 5.10 Å². The lowest BCUT2D eigenvalue weighted by Gasteiger charge is -2.17. The Balaban J connectivity index is 1.50. The van der Waals surface area contributed by atoms with Crippen molar-refractivity contribution in [1.82, 2.24) is 5.43 Å². The number of carbonyl (C=O) groups excluding carboxylic acids is 2. The van der Waals surface area contributed by atoms with E-state index >= 15 is 0 Å². The molecule has 1 aliphatic carbocycles. The number of hydrazone groups is 1. The first-order valence-corrected chi connectivity index (χ1v) is 9.51. The molecule has 0 fully saturated rings. The van der Waals surface area contributed by atoms with E-state index < -0.39 is 0 Å². The summed E-state index contributed by atoms with van der Waals surface area (Å²) in [6.07, 6.45) is 3.68. The van der Waals surface area contributed by atoms with E-state index in [0.29, 0.717) is 17.9 Å². The monoisotopic (exact) mass is 380 g/mol. The summed E-state index contributed by atoms with van der Waals surface area (Å²) in [4.78, 5) is 23.8. The summed E-state index contributed by atoms with van der Waals surface area (Å²) in [5.74, 6) is -0.199. The maximum atomic E-state index is 12.0. The van der Waals surface area contributed by atoms with Crippen molar-refractivity contribution in [3.8, 4) is 5.75 Å². The molecule has 6 heteroatoms. The fourth-order valence-electron chi connectivity index (χ4n) is 2.99. The average molecular weight is 380 g/mol. The van der Waals surface area contributed by atoms with E-state index in [1.807, 2.05) is 25.1 Å². The third kappa shape index (κ3) is 5.19. The third-order valence-corrected chi connectivity index (χ3v) is 4.40. The lowest BCUT2D eigenvalue weighted by atomic mass is 9.90. The van der Waals surface area contributed by atoms with Crippen LogP contribution in [0.4, 0.5) is 0 Å². The van der Waals surface area contributed by atoms with Gasteiger partial charge in [-0.2, -0.15) is 5.10 Å². The summed E-state index contributed by atoms with van der Waals surface area (Å²) >= 11 is 0. The van der Waals surface area contributed by atoms with E-state index in [4.69, 9.17) is 9.47 Å². The SMILES string of the molecule is CCCOC(=O)c1ccc(OCC(=O)NN=C2CCCc3ccccc32)cc1. The zero-order valence-electron chi connectivity index (χ0n) is 15.9. The Morgan fingerprint density at radius 3 is 2.64 bits per heavy atom. The summed E-state index contributed by atoms with van der Waals surface area (Å²) in [5, 5.41) is 4.28. The van der Waals surface area contributed by atoms with Gasteiger partial charge in [-0.15, -0.1) is 0 Å². The maximum absolute atomic E-state index is 12.0. The number of benzene rings is 2. The Bertz CT molecular complexity index is 859. The largest absolute Gasteiger partial charge is 0.484 e. The zero-order chi connectivity index (χ0) is 19.8. The third-order valence-electron chi connectivity index (χ3n) is 4.40. The van der Waals surface area contributed by atoms with E-state index in [9.17, 15) is 9.59 Å².